The van der Waals surface area contributed by atoms with Gasteiger partial charge in [-0.15, -0.1) is 0 Å². The average molecular weight is 309 g/mol. The second-order valence-corrected chi connectivity index (χ2v) is 7.13. The summed E-state index contributed by atoms with van der Waals surface area (Å²) in [6, 6.07) is 7.35. The van der Waals surface area contributed by atoms with Crippen molar-refractivity contribution in [3.05, 3.63) is 36.4 Å². The van der Waals surface area contributed by atoms with Crippen molar-refractivity contribution in [2.75, 3.05) is 11.5 Å². The van der Waals surface area contributed by atoms with E-state index in [0.29, 0.717) is 18.0 Å². The molecule has 4 atom stereocenters. The number of hydrogen-bond acceptors (Lipinski definition) is 3. The molecule has 2 bridgehead atoms. The third-order valence-electron chi connectivity index (χ3n) is 6.26. The van der Waals surface area contributed by atoms with Crippen LogP contribution in [0.4, 0.5) is 5.69 Å². The van der Waals surface area contributed by atoms with Gasteiger partial charge in [-0.05, 0) is 49.1 Å². The van der Waals surface area contributed by atoms with Crippen molar-refractivity contribution >= 4 is 17.5 Å². The van der Waals surface area contributed by atoms with Crippen molar-refractivity contribution in [1.29, 1.82) is 0 Å². The Morgan fingerprint density at radius 3 is 2.26 bits per heavy atom. The van der Waals surface area contributed by atoms with E-state index in [0.717, 1.165) is 0 Å². The number of para-hydroxylation sites is 2. The van der Waals surface area contributed by atoms with Gasteiger partial charge in [-0.1, -0.05) is 24.3 Å². The molecule has 0 aromatic heterocycles. The average Bonchev–Trinajstić information content (AvgIpc) is 3.15. The van der Waals surface area contributed by atoms with E-state index in [1.165, 1.54) is 17.7 Å². The number of carbonyl (C=O) groups is 2. The summed E-state index contributed by atoms with van der Waals surface area (Å²) in [6.07, 6.45) is 6.72. The third-order valence-corrected chi connectivity index (χ3v) is 6.26. The Morgan fingerprint density at radius 2 is 1.70 bits per heavy atom. The van der Waals surface area contributed by atoms with E-state index in [2.05, 4.69) is 12.2 Å². The van der Waals surface area contributed by atoms with Gasteiger partial charge in [0.05, 0.1) is 24.1 Å². The highest BCUT2D eigenvalue weighted by Crippen LogP contribution is 2.73. The number of anilines is 1. The highest BCUT2D eigenvalue weighted by molar-refractivity contribution is 6.23. The molecule has 1 saturated heterocycles. The summed E-state index contributed by atoms with van der Waals surface area (Å²) in [6.45, 7) is 2.41. The lowest BCUT2D eigenvalue weighted by atomic mass is 9.85. The van der Waals surface area contributed by atoms with Crippen LogP contribution in [-0.2, 0) is 9.59 Å². The van der Waals surface area contributed by atoms with Crippen LogP contribution in [-0.4, -0.2) is 18.4 Å². The van der Waals surface area contributed by atoms with Crippen LogP contribution in [0, 0.1) is 29.1 Å². The smallest absolute Gasteiger partial charge is 0.238 e. The van der Waals surface area contributed by atoms with Gasteiger partial charge in [0.1, 0.15) is 5.75 Å². The van der Waals surface area contributed by atoms with Crippen LogP contribution in [0.25, 0.3) is 0 Å². The van der Waals surface area contributed by atoms with Crippen LogP contribution in [0.2, 0.25) is 0 Å². The number of carbonyl (C=O) groups excluding carboxylic acids is 2. The highest BCUT2D eigenvalue weighted by atomic mass is 16.5. The fraction of sp³-hybridized carbons (Fsp3) is 0.474. The molecule has 1 spiro atoms. The first-order valence-corrected chi connectivity index (χ1v) is 8.47. The molecule has 23 heavy (non-hydrogen) atoms. The van der Waals surface area contributed by atoms with Gasteiger partial charge in [0.15, 0.2) is 0 Å². The van der Waals surface area contributed by atoms with Gasteiger partial charge in [-0.2, -0.15) is 0 Å². The first-order chi connectivity index (χ1) is 11.2. The molecular formula is C19H19NO3. The molecule has 1 heterocycles. The Bertz CT molecular complexity index is 715. The molecule has 2 amide bonds. The zero-order valence-corrected chi connectivity index (χ0v) is 13.1. The molecule has 2 saturated carbocycles. The quantitative estimate of drug-likeness (QED) is 0.637. The predicted molar refractivity (Wildman–Crippen MR) is 84.9 cm³/mol. The zero-order valence-electron chi connectivity index (χ0n) is 13.1. The van der Waals surface area contributed by atoms with Crippen LogP contribution < -0.4 is 9.64 Å². The second kappa shape index (κ2) is 4.25. The van der Waals surface area contributed by atoms with E-state index in [9.17, 15) is 9.59 Å². The van der Waals surface area contributed by atoms with E-state index in [1.807, 2.05) is 31.2 Å². The van der Waals surface area contributed by atoms with Crippen molar-refractivity contribution < 1.29 is 14.3 Å². The van der Waals surface area contributed by atoms with Gasteiger partial charge in [-0.25, -0.2) is 4.90 Å². The fourth-order valence-electron chi connectivity index (χ4n) is 5.24. The number of allylic oxidation sites excluding steroid dienone is 2. The first-order valence-electron chi connectivity index (χ1n) is 8.47. The molecule has 0 N–H and O–H groups in total. The van der Waals surface area contributed by atoms with Crippen molar-refractivity contribution in [3.63, 3.8) is 0 Å². The molecule has 118 valence electrons. The molecule has 1 aliphatic heterocycles. The lowest BCUT2D eigenvalue weighted by Crippen LogP contribution is -2.35. The van der Waals surface area contributed by atoms with Gasteiger partial charge >= 0.3 is 0 Å². The summed E-state index contributed by atoms with van der Waals surface area (Å²) < 4.78 is 5.63. The number of amides is 2. The van der Waals surface area contributed by atoms with Crippen molar-refractivity contribution in [1.82, 2.24) is 0 Å². The summed E-state index contributed by atoms with van der Waals surface area (Å²) in [4.78, 5) is 27.5. The topological polar surface area (TPSA) is 46.6 Å². The second-order valence-electron chi connectivity index (χ2n) is 7.13. The van der Waals surface area contributed by atoms with Crippen LogP contribution in [0.3, 0.4) is 0 Å². The number of hydrogen-bond donors (Lipinski definition) is 0. The normalized spacial score (nSPS) is 35.3. The zero-order chi connectivity index (χ0) is 15.8. The van der Waals surface area contributed by atoms with E-state index in [-0.39, 0.29) is 40.9 Å². The maximum Gasteiger partial charge on any atom is 0.238 e. The SMILES string of the molecule is CCOc1ccccc1N1C(=O)[C@H]2[C@H](C1=O)[C@H]1C=C[C@H]2C12CC2. The number of fused-ring (bicyclic) bond motifs is 3. The van der Waals surface area contributed by atoms with Crippen LogP contribution in [0.15, 0.2) is 36.4 Å². The van der Waals surface area contributed by atoms with E-state index in [4.69, 9.17) is 4.74 Å². The summed E-state index contributed by atoms with van der Waals surface area (Å²) in [5.74, 6) is 0.754. The minimum absolute atomic E-state index is 0.0321. The van der Waals surface area contributed by atoms with Crippen LogP contribution in [0.1, 0.15) is 19.8 Å². The van der Waals surface area contributed by atoms with Gasteiger partial charge in [0.25, 0.3) is 0 Å². The van der Waals surface area contributed by atoms with Crippen LogP contribution in [0.5, 0.6) is 5.75 Å². The number of ether oxygens (including phenoxy) is 1. The van der Waals surface area contributed by atoms with Crippen molar-refractivity contribution in [3.8, 4) is 5.75 Å². The Morgan fingerprint density at radius 1 is 1.09 bits per heavy atom. The predicted octanol–water partition coefficient (Wildman–Crippen LogP) is 2.79. The van der Waals surface area contributed by atoms with E-state index in [1.54, 1.807) is 0 Å². The molecule has 0 radical (unpaired) electrons. The van der Waals surface area contributed by atoms with E-state index < -0.39 is 0 Å². The first kappa shape index (κ1) is 13.3. The monoisotopic (exact) mass is 309 g/mol. The Kier molecular flexibility index (Phi) is 2.47. The maximum absolute atomic E-state index is 13.1. The fourth-order valence-corrected chi connectivity index (χ4v) is 5.24. The summed E-state index contributed by atoms with van der Waals surface area (Å²) >= 11 is 0. The van der Waals surface area contributed by atoms with E-state index >= 15 is 0 Å². The molecule has 4 nitrogen and oxygen atoms in total. The Balaban J connectivity index is 1.56. The Hall–Kier alpha value is -2.10. The molecule has 4 aliphatic rings. The minimum Gasteiger partial charge on any atom is -0.492 e. The number of benzene rings is 1. The highest BCUT2D eigenvalue weighted by Gasteiger charge is 2.73. The van der Waals surface area contributed by atoms with Gasteiger partial charge in [0.2, 0.25) is 11.8 Å². The molecule has 0 unspecified atom stereocenters. The molecule has 1 aromatic rings. The summed E-state index contributed by atoms with van der Waals surface area (Å²) in [7, 11) is 0. The van der Waals surface area contributed by atoms with Crippen molar-refractivity contribution in [2.45, 2.75) is 19.8 Å². The molecular weight excluding hydrogens is 290 g/mol. The number of imide groups is 1. The summed E-state index contributed by atoms with van der Waals surface area (Å²) in [5, 5.41) is 0. The largest absolute Gasteiger partial charge is 0.492 e. The molecule has 3 fully saturated rings. The molecule has 4 heteroatoms. The summed E-state index contributed by atoms with van der Waals surface area (Å²) in [5.41, 5.74) is 0.842. The maximum atomic E-state index is 13.1. The number of nitrogens with zero attached hydrogens (tertiary/aromatic N) is 1. The minimum atomic E-state index is -0.158. The van der Waals surface area contributed by atoms with Gasteiger partial charge in [-0.3, -0.25) is 9.59 Å². The molecule has 3 aliphatic carbocycles. The standard InChI is InChI=1S/C19H19NO3/c1-2-23-14-6-4-3-5-13(14)20-17(21)15-11-7-8-12(16(15)18(20)22)19(11)9-10-19/h3-8,11-12,15-16H,2,9-10H2,1H3/t11-,12-,15-,16-/m1/s1. The third kappa shape index (κ3) is 1.47. The van der Waals surface area contributed by atoms with Gasteiger partial charge < -0.3 is 4.74 Å². The van der Waals surface area contributed by atoms with Crippen LogP contribution >= 0.6 is 0 Å². The lowest BCUT2D eigenvalue weighted by Gasteiger charge is -2.23. The molecule has 1 aromatic carbocycles. The number of rotatable bonds is 3. The van der Waals surface area contributed by atoms with Crippen molar-refractivity contribution in [2.24, 2.45) is 29.1 Å². The lowest BCUT2D eigenvalue weighted by molar-refractivity contribution is -0.123. The molecule has 5 rings (SSSR count). The van der Waals surface area contributed by atoms with Gasteiger partial charge in [0, 0.05) is 0 Å². The Labute approximate surface area is 135 Å².